The number of carbonyl (C=O) groups is 2. The molecule has 0 saturated heterocycles. The maximum Gasteiger partial charge on any atom is 0.347 e. The molecule has 5 heteroatoms. The smallest absolute Gasteiger partial charge is 0.347 e. The lowest BCUT2D eigenvalue weighted by Gasteiger charge is -2.26. The number of amides is 1. The maximum absolute atomic E-state index is 11.6. The van der Waals surface area contributed by atoms with Crippen molar-refractivity contribution in [2.24, 2.45) is 0 Å². The Kier molecular flexibility index (Phi) is 4.27. The second kappa shape index (κ2) is 5.94. The highest BCUT2D eigenvalue weighted by atomic mass is 16.6. The first kappa shape index (κ1) is 14.4. The van der Waals surface area contributed by atoms with Crippen molar-refractivity contribution in [1.82, 2.24) is 0 Å². The fraction of sp³-hybridized carbons (Fsp3) is 0.467. The van der Waals surface area contributed by atoms with Gasteiger partial charge in [-0.15, -0.1) is 0 Å². The van der Waals surface area contributed by atoms with Gasteiger partial charge in [0.05, 0.1) is 6.61 Å². The van der Waals surface area contributed by atoms with E-state index in [9.17, 15) is 9.59 Å². The zero-order chi connectivity index (χ0) is 14.7. The molecule has 0 N–H and O–H groups in total. The van der Waals surface area contributed by atoms with Crippen LogP contribution in [-0.4, -0.2) is 31.6 Å². The fourth-order valence-corrected chi connectivity index (χ4v) is 2.22. The van der Waals surface area contributed by atoms with E-state index in [1.165, 1.54) is 0 Å². The lowest BCUT2D eigenvalue weighted by molar-refractivity contribution is -0.150. The molecule has 1 aliphatic heterocycles. The Morgan fingerprint density at radius 1 is 1.40 bits per heavy atom. The number of esters is 1. The largest absolute Gasteiger partial charge is 0.479 e. The molecular formula is C15H19NO4. The Hall–Kier alpha value is -2.04. The van der Waals surface area contributed by atoms with E-state index in [1.54, 1.807) is 31.9 Å². The molecule has 1 unspecified atom stereocenters. The van der Waals surface area contributed by atoms with Crippen LogP contribution in [0.15, 0.2) is 18.2 Å². The second-order valence-corrected chi connectivity index (χ2v) is 4.76. The minimum Gasteiger partial charge on any atom is -0.479 e. The van der Waals surface area contributed by atoms with E-state index in [4.69, 9.17) is 9.47 Å². The summed E-state index contributed by atoms with van der Waals surface area (Å²) in [6.45, 7) is 3.76. The summed E-state index contributed by atoms with van der Waals surface area (Å²) in [7, 11) is 1.77. The Labute approximate surface area is 118 Å². The Morgan fingerprint density at radius 3 is 2.85 bits per heavy atom. The van der Waals surface area contributed by atoms with Crippen LogP contribution in [-0.2, 0) is 20.7 Å². The quantitative estimate of drug-likeness (QED) is 0.789. The van der Waals surface area contributed by atoms with Crippen molar-refractivity contribution in [3.63, 3.8) is 0 Å². The molecule has 20 heavy (non-hydrogen) atoms. The van der Waals surface area contributed by atoms with Crippen LogP contribution in [0.4, 0.5) is 5.69 Å². The zero-order valence-electron chi connectivity index (χ0n) is 12.0. The molecule has 0 fully saturated rings. The molecule has 1 atom stereocenters. The van der Waals surface area contributed by atoms with Crippen molar-refractivity contribution in [3.05, 3.63) is 23.8 Å². The highest BCUT2D eigenvalue weighted by Gasteiger charge is 2.22. The van der Waals surface area contributed by atoms with Crippen LogP contribution in [0.25, 0.3) is 0 Å². The van der Waals surface area contributed by atoms with Gasteiger partial charge in [-0.2, -0.15) is 0 Å². The van der Waals surface area contributed by atoms with Crippen molar-refractivity contribution in [2.75, 3.05) is 18.6 Å². The van der Waals surface area contributed by atoms with Crippen LogP contribution in [0.2, 0.25) is 0 Å². The normalized spacial score (nSPS) is 15.6. The summed E-state index contributed by atoms with van der Waals surface area (Å²) in [5, 5.41) is 0. The number of anilines is 1. The molecule has 0 bridgehead atoms. The van der Waals surface area contributed by atoms with Gasteiger partial charge in [0.25, 0.3) is 0 Å². The van der Waals surface area contributed by atoms with Gasteiger partial charge in [0.2, 0.25) is 5.91 Å². The summed E-state index contributed by atoms with van der Waals surface area (Å²) in [6.07, 6.45) is 0.556. The number of rotatable bonds is 4. The number of carbonyl (C=O) groups excluding carboxylic acids is 2. The summed E-state index contributed by atoms with van der Waals surface area (Å²) in [4.78, 5) is 24.8. The predicted octanol–water partition coefficient (Wildman–Crippen LogP) is 1.93. The molecule has 2 rings (SSSR count). The van der Waals surface area contributed by atoms with Gasteiger partial charge in [-0.05, 0) is 44.0 Å². The van der Waals surface area contributed by atoms with Gasteiger partial charge in [0, 0.05) is 19.2 Å². The van der Waals surface area contributed by atoms with Gasteiger partial charge >= 0.3 is 5.97 Å². The first-order valence-corrected chi connectivity index (χ1v) is 6.75. The van der Waals surface area contributed by atoms with Crippen LogP contribution in [0.3, 0.4) is 0 Å². The summed E-state index contributed by atoms with van der Waals surface area (Å²) in [6, 6.07) is 5.50. The first-order chi connectivity index (χ1) is 9.52. The number of aryl methyl sites for hydroxylation is 1. The first-order valence-electron chi connectivity index (χ1n) is 6.75. The molecule has 5 nitrogen and oxygen atoms in total. The number of nitrogens with zero attached hydrogens (tertiary/aromatic N) is 1. The SMILES string of the molecule is CCOC(=O)C(C)Oc1ccc2c(c1)CCC(=O)N2C. The van der Waals surface area contributed by atoms with Gasteiger partial charge in [0.1, 0.15) is 5.75 Å². The van der Waals surface area contributed by atoms with E-state index in [2.05, 4.69) is 0 Å². The summed E-state index contributed by atoms with van der Waals surface area (Å²) >= 11 is 0. The number of hydrogen-bond acceptors (Lipinski definition) is 4. The number of benzene rings is 1. The van der Waals surface area contributed by atoms with Gasteiger partial charge in [-0.1, -0.05) is 0 Å². The minimum atomic E-state index is -0.643. The summed E-state index contributed by atoms with van der Waals surface area (Å²) in [5.74, 6) is 0.357. The average Bonchev–Trinajstić information content (AvgIpc) is 2.43. The molecule has 108 valence electrons. The summed E-state index contributed by atoms with van der Waals surface area (Å²) < 4.78 is 10.5. The molecular weight excluding hydrogens is 258 g/mol. The van der Waals surface area contributed by atoms with Crippen molar-refractivity contribution in [3.8, 4) is 5.75 Å². The topological polar surface area (TPSA) is 55.8 Å². The van der Waals surface area contributed by atoms with E-state index in [0.29, 0.717) is 25.2 Å². The molecule has 1 aromatic carbocycles. The van der Waals surface area contributed by atoms with Gasteiger partial charge in [-0.25, -0.2) is 4.79 Å². The standard InChI is InChI=1S/C15H19NO4/c1-4-19-15(18)10(2)20-12-6-7-13-11(9-12)5-8-14(17)16(13)3/h6-7,9-10H,4-5,8H2,1-3H3. The molecule has 1 aromatic rings. The van der Waals surface area contributed by atoms with Crippen LogP contribution in [0.1, 0.15) is 25.8 Å². The van der Waals surface area contributed by atoms with E-state index in [-0.39, 0.29) is 11.9 Å². The van der Waals surface area contributed by atoms with Gasteiger partial charge < -0.3 is 14.4 Å². The monoisotopic (exact) mass is 277 g/mol. The number of ether oxygens (including phenoxy) is 2. The van der Waals surface area contributed by atoms with E-state index >= 15 is 0 Å². The number of hydrogen-bond donors (Lipinski definition) is 0. The minimum absolute atomic E-state index is 0.117. The van der Waals surface area contributed by atoms with E-state index in [1.807, 2.05) is 12.1 Å². The van der Waals surface area contributed by atoms with Crippen molar-refractivity contribution < 1.29 is 19.1 Å². The van der Waals surface area contributed by atoms with Crippen molar-refractivity contribution in [1.29, 1.82) is 0 Å². The lowest BCUT2D eigenvalue weighted by Crippen LogP contribution is -2.31. The molecule has 1 heterocycles. The van der Waals surface area contributed by atoms with E-state index in [0.717, 1.165) is 11.3 Å². The molecule has 0 radical (unpaired) electrons. The highest BCUT2D eigenvalue weighted by molar-refractivity contribution is 5.96. The van der Waals surface area contributed by atoms with Crippen LogP contribution in [0, 0.1) is 0 Å². The molecule has 0 spiro atoms. The van der Waals surface area contributed by atoms with Gasteiger partial charge in [-0.3, -0.25) is 4.79 Å². The maximum atomic E-state index is 11.6. The van der Waals surface area contributed by atoms with Crippen molar-refractivity contribution in [2.45, 2.75) is 32.8 Å². The Balaban J connectivity index is 2.12. The average molecular weight is 277 g/mol. The van der Waals surface area contributed by atoms with Gasteiger partial charge in [0.15, 0.2) is 6.10 Å². The Bertz CT molecular complexity index is 527. The third-order valence-corrected chi connectivity index (χ3v) is 3.33. The highest BCUT2D eigenvalue weighted by Crippen LogP contribution is 2.30. The predicted molar refractivity (Wildman–Crippen MR) is 74.9 cm³/mol. The third kappa shape index (κ3) is 2.92. The molecule has 0 aromatic heterocycles. The van der Waals surface area contributed by atoms with Crippen LogP contribution < -0.4 is 9.64 Å². The van der Waals surface area contributed by atoms with E-state index < -0.39 is 6.10 Å². The second-order valence-electron chi connectivity index (χ2n) is 4.76. The molecule has 0 aliphatic carbocycles. The Morgan fingerprint density at radius 2 is 2.15 bits per heavy atom. The third-order valence-electron chi connectivity index (χ3n) is 3.33. The molecule has 1 aliphatic rings. The fourth-order valence-electron chi connectivity index (χ4n) is 2.22. The molecule has 1 amide bonds. The van der Waals surface area contributed by atoms with Crippen molar-refractivity contribution >= 4 is 17.6 Å². The van der Waals surface area contributed by atoms with Crippen LogP contribution >= 0.6 is 0 Å². The van der Waals surface area contributed by atoms with Crippen LogP contribution in [0.5, 0.6) is 5.75 Å². The summed E-state index contributed by atoms with van der Waals surface area (Å²) in [5.41, 5.74) is 1.96. The number of fused-ring (bicyclic) bond motifs is 1. The zero-order valence-corrected chi connectivity index (χ0v) is 12.0. The molecule has 0 saturated carbocycles. The lowest BCUT2D eigenvalue weighted by atomic mass is 10.0.